The van der Waals surface area contributed by atoms with Crippen LogP contribution in [0.2, 0.25) is 0 Å². The number of rotatable bonds is 5. The number of ether oxygens (including phenoxy) is 1. The largest absolute Gasteiger partial charge is 0.478 e. The van der Waals surface area contributed by atoms with Crippen LogP contribution >= 0.6 is 0 Å². The normalized spacial score (nSPS) is 20.7. The van der Waals surface area contributed by atoms with E-state index in [2.05, 4.69) is 22.2 Å². The summed E-state index contributed by atoms with van der Waals surface area (Å²) in [6, 6.07) is 4.59. The number of aromatic nitrogens is 1. The Bertz CT molecular complexity index is 353. The summed E-state index contributed by atoms with van der Waals surface area (Å²) in [5.74, 6) is 0.692. The first kappa shape index (κ1) is 13.1. The first-order valence-electron chi connectivity index (χ1n) is 6.82. The molecule has 1 aromatic rings. The van der Waals surface area contributed by atoms with Gasteiger partial charge in [0.2, 0.25) is 5.88 Å². The Morgan fingerprint density at radius 3 is 3.00 bits per heavy atom. The summed E-state index contributed by atoms with van der Waals surface area (Å²) in [5, 5.41) is 3.45. The molecule has 1 fully saturated rings. The van der Waals surface area contributed by atoms with Crippen LogP contribution in [0.4, 0.5) is 5.69 Å². The third-order valence-electron chi connectivity index (χ3n) is 3.49. The van der Waals surface area contributed by atoms with E-state index in [1.807, 2.05) is 25.3 Å². The Balaban J connectivity index is 1.82. The van der Waals surface area contributed by atoms with E-state index in [9.17, 15) is 0 Å². The highest BCUT2D eigenvalue weighted by molar-refractivity contribution is 5.42. The second kappa shape index (κ2) is 6.59. The van der Waals surface area contributed by atoms with Gasteiger partial charge in [0.1, 0.15) is 0 Å². The summed E-state index contributed by atoms with van der Waals surface area (Å²) in [7, 11) is 2.21. The summed E-state index contributed by atoms with van der Waals surface area (Å²) >= 11 is 0. The van der Waals surface area contributed by atoms with E-state index in [4.69, 9.17) is 4.74 Å². The molecule has 1 unspecified atom stereocenters. The van der Waals surface area contributed by atoms with Gasteiger partial charge in [0.25, 0.3) is 0 Å². The van der Waals surface area contributed by atoms with Crippen molar-refractivity contribution < 1.29 is 4.74 Å². The minimum absolute atomic E-state index is 0.644. The van der Waals surface area contributed by atoms with Crippen molar-refractivity contribution in [1.29, 1.82) is 0 Å². The molecule has 1 atom stereocenters. The maximum absolute atomic E-state index is 5.33. The Kier molecular flexibility index (Phi) is 4.81. The average molecular weight is 249 g/mol. The van der Waals surface area contributed by atoms with Gasteiger partial charge in [-0.3, -0.25) is 0 Å². The van der Waals surface area contributed by atoms with Crippen LogP contribution in [-0.4, -0.2) is 42.7 Å². The second-order valence-electron chi connectivity index (χ2n) is 4.83. The zero-order valence-electron chi connectivity index (χ0n) is 11.4. The molecule has 1 aromatic heterocycles. The molecule has 1 aliphatic rings. The Labute approximate surface area is 109 Å². The van der Waals surface area contributed by atoms with E-state index in [0.717, 1.165) is 12.2 Å². The molecule has 0 saturated carbocycles. The third kappa shape index (κ3) is 3.60. The number of likely N-dealkylation sites (tertiary alicyclic amines) is 1. The van der Waals surface area contributed by atoms with Gasteiger partial charge in [0.15, 0.2) is 0 Å². The topological polar surface area (TPSA) is 37.4 Å². The van der Waals surface area contributed by atoms with Crippen LogP contribution in [0, 0.1) is 0 Å². The first-order chi connectivity index (χ1) is 8.79. The third-order valence-corrected chi connectivity index (χ3v) is 3.49. The Hall–Kier alpha value is -1.29. The maximum atomic E-state index is 5.33. The highest BCUT2D eigenvalue weighted by atomic mass is 16.5. The van der Waals surface area contributed by atoms with Gasteiger partial charge in [-0.2, -0.15) is 0 Å². The highest BCUT2D eigenvalue weighted by Gasteiger charge is 2.18. The molecule has 1 aliphatic heterocycles. The summed E-state index contributed by atoms with van der Waals surface area (Å²) in [6.07, 6.45) is 5.80. The van der Waals surface area contributed by atoms with Crippen molar-refractivity contribution in [2.75, 3.05) is 32.1 Å². The minimum Gasteiger partial charge on any atom is -0.478 e. The molecule has 0 bridgehead atoms. The molecule has 2 rings (SSSR count). The molecule has 0 spiro atoms. The molecule has 0 aliphatic carbocycles. The van der Waals surface area contributed by atoms with Crippen molar-refractivity contribution in [1.82, 2.24) is 9.88 Å². The number of hydrogen-bond acceptors (Lipinski definition) is 4. The van der Waals surface area contributed by atoms with Crippen LogP contribution in [0.15, 0.2) is 18.3 Å². The Morgan fingerprint density at radius 2 is 2.33 bits per heavy atom. The van der Waals surface area contributed by atoms with Gasteiger partial charge in [-0.15, -0.1) is 0 Å². The summed E-state index contributed by atoms with van der Waals surface area (Å²) < 4.78 is 5.33. The van der Waals surface area contributed by atoms with Gasteiger partial charge >= 0.3 is 0 Å². The lowest BCUT2D eigenvalue weighted by molar-refractivity contribution is 0.194. The highest BCUT2D eigenvalue weighted by Crippen LogP contribution is 2.16. The van der Waals surface area contributed by atoms with Crippen molar-refractivity contribution in [2.24, 2.45) is 0 Å². The molecule has 2 heterocycles. The monoisotopic (exact) mass is 249 g/mol. The molecule has 1 saturated heterocycles. The molecule has 0 aromatic carbocycles. The maximum Gasteiger partial charge on any atom is 0.213 e. The van der Waals surface area contributed by atoms with Crippen LogP contribution in [0.1, 0.15) is 26.2 Å². The van der Waals surface area contributed by atoms with Crippen molar-refractivity contribution in [3.63, 3.8) is 0 Å². The minimum atomic E-state index is 0.644. The van der Waals surface area contributed by atoms with Crippen LogP contribution < -0.4 is 10.1 Å². The number of pyridine rings is 1. The lowest BCUT2D eigenvalue weighted by Gasteiger charge is -2.32. The zero-order valence-corrected chi connectivity index (χ0v) is 11.4. The predicted octanol–water partition coefficient (Wildman–Crippen LogP) is 2.38. The number of anilines is 1. The van der Waals surface area contributed by atoms with Gasteiger partial charge in [0.05, 0.1) is 18.5 Å². The quantitative estimate of drug-likeness (QED) is 0.869. The van der Waals surface area contributed by atoms with Crippen molar-refractivity contribution in [2.45, 2.75) is 32.2 Å². The van der Waals surface area contributed by atoms with Crippen LogP contribution in [0.3, 0.4) is 0 Å². The lowest BCUT2D eigenvalue weighted by atomic mass is 10.0. The molecule has 18 heavy (non-hydrogen) atoms. The number of nitrogens with zero attached hydrogens (tertiary/aromatic N) is 2. The standard InChI is InChI=1S/C14H23N3O/c1-3-18-14-8-7-12(10-16-14)15-11-13-6-4-5-9-17(13)2/h7-8,10,13,15H,3-6,9,11H2,1-2H3. The molecule has 1 N–H and O–H groups in total. The van der Waals surface area contributed by atoms with Gasteiger partial charge in [-0.25, -0.2) is 4.98 Å². The average Bonchev–Trinajstić information content (AvgIpc) is 2.40. The van der Waals surface area contributed by atoms with E-state index < -0.39 is 0 Å². The number of hydrogen-bond donors (Lipinski definition) is 1. The Morgan fingerprint density at radius 1 is 1.44 bits per heavy atom. The van der Waals surface area contributed by atoms with E-state index in [1.165, 1.54) is 25.8 Å². The van der Waals surface area contributed by atoms with E-state index >= 15 is 0 Å². The van der Waals surface area contributed by atoms with E-state index in [1.54, 1.807) is 0 Å². The molecular weight excluding hydrogens is 226 g/mol. The number of likely N-dealkylation sites (N-methyl/N-ethyl adjacent to an activating group) is 1. The number of nitrogens with one attached hydrogen (secondary N) is 1. The SMILES string of the molecule is CCOc1ccc(NCC2CCCCN2C)cn1. The van der Waals surface area contributed by atoms with Crippen molar-refractivity contribution in [3.8, 4) is 5.88 Å². The van der Waals surface area contributed by atoms with Crippen molar-refractivity contribution in [3.05, 3.63) is 18.3 Å². The van der Waals surface area contributed by atoms with Gasteiger partial charge in [0, 0.05) is 18.7 Å². The van der Waals surface area contributed by atoms with Crippen LogP contribution in [0.25, 0.3) is 0 Å². The summed E-state index contributed by atoms with van der Waals surface area (Å²) in [4.78, 5) is 6.70. The lowest BCUT2D eigenvalue weighted by Crippen LogP contribution is -2.40. The smallest absolute Gasteiger partial charge is 0.213 e. The molecule has 0 radical (unpaired) electrons. The van der Waals surface area contributed by atoms with Gasteiger partial charge in [-0.1, -0.05) is 6.42 Å². The fourth-order valence-electron chi connectivity index (χ4n) is 2.36. The zero-order chi connectivity index (χ0) is 12.8. The summed E-state index contributed by atoms with van der Waals surface area (Å²) in [6.45, 7) is 4.83. The molecular formula is C14H23N3O. The van der Waals surface area contributed by atoms with E-state index in [0.29, 0.717) is 18.5 Å². The predicted molar refractivity (Wildman–Crippen MR) is 74.2 cm³/mol. The summed E-state index contributed by atoms with van der Waals surface area (Å²) in [5.41, 5.74) is 1.07. The molecule has 0 amide bonds. The molecule has 100 valence electrons. The van der Waals surface area contributed by atoms with Crippen LogP contribution in [-0.2, 0) is 0 Å². The molecule has 4 nitrogen and oxygen atoms in total. The first-order valence-corrected chi connectivity index (χ1v) is 6.82. The second-order valence-corrected chi connectivity index (χ2v) is 4.83. The van der Waals surface area contributed by atoms with E-state index in [-0.39, 0.29) is 0 Å². The van der Waals surface area contributed by atoms with Crippen molar-refractivity contribution >= 4 is 5.69 Å². The van der Waals surface area contributed by atoms with Gasteiger partial charge in [-0.05, 0) is 39.4 Å². The number of piperidine rings is 1. The fourth-order valence-corrected chi connectivity index (χ4v) is 2.36. The molecule has 4 heteroatoms. The van der Waals surface area contributed by atoms with Crippen LogP contribution in [0.5, 0.6) is 5.88 Å². The van der Waals surface area contributed by atoms with Gasteiger partial charge < -0.3 is 15.0 Å². The fraction of sp³-hybridized carbons (Fsp3) is 0.643.